The summed E-state index contributed by atoms with van der Waals surface area (Å²) in [6, 6.07) is 0. The number of carbonyl (C=O) groups is 3. The number of rotatable bonds is 58. The van der Waals surface area contributed by atoms with Crippen molar-refractivity contribution in [3.63, 3.8) is 0 Å². The highest BCUT2D eigenvalue weighted by atomic mass is 16.6. The lowest BCUT2D eigenvalue weighted by Crippen LogP contribution is -2.30. The van der Waals surface area contributed by atoms with Crippen molar-refractivity contribution in [2.24, 2.45) is 0 Å². The van der Waals surface area contributed by atoms with Gasteiger partial charge in [0.1, 0.15) is 13.2 Å². The zero-order valence-corrected chi connectivity index (χ0v) is 49.6. The minimum absolute atomic E-state index is 0.0750. The molecule has 6 heteroatoms. The van der Waals surface area contributed by atoms with E-state index in [0.717, 1.165) is 103 Å². The molecular weight excluding hydrogens is 925 g/mol. The predicted octanol–water partition coefficient (Wildman–Crippen LogP) is 21.9. The number of unbranched alkanes of at least 4 members (excludes halogenated alkanes) is 33. The Labute approximate surface area is 465 Å². The maximum absolute atomic E-state index is 12.8. The SMILES string of the molecule is CC/C=C\C/C=C\C/C=C\C/C=C\C/C=C\C/C=C\CCCCCCCCCCCCCCCCCCC(=O)OCC(COC(=O)CCCCCCCCCC)OC(=O)CCCCCCC/C=C\CCCCCCC. The normalized spacial score (nSPS) is 12.6. The average molecular weight is 1050 g/mol. The predicted molar refractivity (Wildman–Crippen MR) is 325 cm³/mol. The Morgan fingerprint density at radius 1 is 0.280 bits per heavy atom. The van der Waals surface area contributed by atoms with Crippen molar-refractivity contribution < 1.29 is 28.6 Å². The summed E-state index contributed by atoms with van der Waals surface area (Å²) in [7, 11) is 0. The fourth-order valence-corrected chi connectivity index (χ4v) is 9.09. The third-order valence-electron chi connectivity index (χ3n) is 13.9. The van der Waals surface area contributed by atoms with E-state index >= 15 is 0 Å². The Bertz CT molecular complexity index is 1430. The smallest absolute Gasteiger partial charge is 0.306 e. The second kappa shape index (κ2) is 63.1. The molecule has 1 unspecified atom stereocenters. The van der Waals surface area contributed by atoms with Crippen LogP contribution in [0.4, 0.5) is 0 Å². The lowest BCUT2D eigenvalue weighted by atomic mass is 10.0. The topological polar surface area (TPSA) is 78.9 Å². The molecule has 0 rings (SSSR count). The van der Waals surface area contributed by atoms with E-state index in [2.05, 4.69) is 106 Å². The molecule has 0 saturated heterocycles. The highest BCUT2D eigenvalue weighted by molar-refractivity contribution is 5.71. The molecule has 0 aromatic heterocycles. The quantitative estimate of drug-likeness (QED) is 0.0261. The van der Waals surface area contributed by atoms with E-state index < -0.39 is 6.10 Å². The first-order chi connectivity index (χ1) is 37.0. The third-order valence-corrected chi connectivity index (χ3v) is 13.9. The summed E-state index contributed by atoms with van der Waals surface area (Å²) in [5, 5.41) is 0. The number of hydrogen-bond acceptors (Lipinski definition) is 6. The Kier molecular flexibility index (Phi) is 60.3. The van der Waals surface area contributed by atoms with Crippen molar-refractivity contribution in [2.75, 3.05) is 13.2 Å². The zero-order chi connectivity index (χ0) is 54.3. The van der Waals surface area contributed by atoms with Gasteiger partial charge in [0.2, 0.25) is 0 Å². The van der Waals surface area contributed by atoms with Gasteiger partial charge in [0.25, 0.3) is 0 Å². The van der Waals surface area contributed by atoms with Crippen LogP contribution in [0.2, 0.25) is 0 Å². The van der Waals surface area contributed by atoms with Gasteiger partial charge in [0.15, 0.2) is 6.10 Å². The Morgan fingerprint density at radius 3 is 0.827 bits per heavy atom. The molecule has 0 saturated carbocycles. The summed E-state index contributed by atoms with van der Waals surface area (Å²) in [5.41, 5.74) is 0. The molecule has 6 nitrogen and oxygen atoms in total. The van der Waals surface area contributed by atoms with Crippen LogP contribution in [0.5, 0.6) is 0 Å². The maximum atomic E-state index is 12.8. The number of allylic oxidation sites excluding steroid dienone is 14. The van der Waals surface area contributed by atoms with Gasteiger partial charge in [-0.05, 0) is 96.3 Å². The van der Waals surface area contributed by atoms with Crippen LogP contribution >= 0.6 is 0 Å². The fraction of sp³-hybridized carbons (Fsp3) is 0.754. The fourth-order valence-electron chi connectivity index (χ4n) is 9.09. The maximum Gasteiger partial charge on any atom is 0.306 e. The monoisotopic (exact) mass is 1040 g/mol. The van der Waals surface area contributed by atoms with Crippen LogP contribution in [0.3, 0.4) is 0 Å². The van der Waals surface area contributed by atoms with E-state index in [9.17, 15) is 14.4 Å². The zero-order valence-electron chi connectivity index (χ0n) is 49.6. The summed E-state index contributed by atoms with van der Waals surface area (Å²) < 4.78 is 16.8. The highest BCUT2D eigenvalue weighted by Crippen LogP contribution is 2.17. The molecule has 0 amide bonds. The van der Waals surface area contributed by atoms with E-state index in [4.69, 9.17) is 14.2 Å². The van der Waals surface area contributed by atoms with Crippen molar-refractivity contribution >= 4 is 17.9 Å². The minimum atomic E-state index is -0.775. The molecule has 0 heterocycles. The summed E-state index contributed by atoms with van der Waals surface area (Å²) >= 11 is 0. The van der Waals surface area contributed by atoms with Gasteiger partial charge in [-0.1, -0.05) is 286 Å². The summed E-state index contributed by atoms with van der Waals surface area (Å²) in [6.07, 6.45) is 83.4. The lowest BCUT2D eigenvalue weighted by molar-refractivity contribution is -0.167. The van der Waals surface area contributed by atoms with Crippen LogP contribution in [0.1, 0.15) is 316 Å². The second-order valence-electron chi connectivity index (χ2n) is 21.3. The summed E-state index contributed by atoms with van der Waals surface area (Å²) in [5.74, 6) is -0.877. The van der Waals surface area contributed by atoms with E-state index in [1.165, 1.54) is 173 Å². The highest BCUT2D eigenvalue weighted by Gasteiger charge is 2.19. The molecule has 0 aliphatic rings. The molecule has 0 bridgehead atoms. The number of esters is 3. The first-order valence-electron chi connectivity index (χ1n) is 32.1. The van der Waals surface area contributed by atoms with E-state index in [1.54, 1.807) is 0 Å². The van der Waals surface area contributed by atoms with Gasteiger partial charge in [0, 0.05) is 19.3 Å². The van der Waals surface area contributed by atoms with Crippen LogP contribution < -0.4 is 0 Å². The molecule has 1 atom stereocenters. The van der Waals surface area contributed by atoms with Crippen molar-refractivity contribution in [1.29, 1.82) is 0 Å². The Balaban J connectivity index is 4.02. The number of hydrogen-bond donors (Lipinski definition) is 0. The van der Waals surface area contributed by atoms with Gasteiger partial charge in [-0.2, -0.15) is 0 Å². The first kappa shape index (κ1) is 71.6. The van der Waals surface area contributed by atoms with Gasteiger partial charge >= 0.3 is 17.9 Å². The third kappa shape index (κ3) is 61.3. The van der Waals surface area contributed by atoms with Crippen molar-refractivity contribution in [3.05, 3.63) is 85.1 Å². The van der Waals surface area contributed by atoms with Gasteiger partial charge in [0.05, 0.1) is 0 Å². The molecule has 432 valence electrons. The molecule has 0 aliphatic carbocycles. The molecule has 0 aromatic carbocycles. The van der Waals surface area contributed by atoms with Gasteiger partial charge in [-0.3, -0.25) is 14.4 Å². The molecule has 0 fully saturated rings. The molecular formula is C69H120O6. The molecule has 0 aromatic rings. The largest absolute Gasteiger partial charge is 0.462 e. The van der Waals surface area contributed by atoms with Crippen molar-refractivity contribution in [3.8, 4) is 0 Å². The van der Waals surface area contributed by atoms with E-state index in [0.29, 0.717) is 19.3 Å². The average Bonchev–Trinajstić information content (AvgIpc) is 3.41. The van der Waals surface area contributed by atoms with Crippen LogP contribution in [0.15, 0.2) is 85.1 Å². The van der Waals surface area contributed by atoms with Gasteiger partial charge in [-0.15, -0.1) is 0 Å². The van der Waals surface area contributed by atoms with Crippen molar-refractivity contribution in [2.45, 2.75) is 322 Å². The lowest BCUT2D eigenvalue weighted by Gasteiger charge is -2.18. The Morgan fingerprint density at radius 2 is 0.520 bits per heavy atom. The van der Waals surface area contributed by atoms with Gasteiger partial charge in [-0.25, -0.2) is 0 Å². The molecule has 0 spiro atoms. The van der Waals surface area contributed by atoms with Gasteiger partial charge < -0.3 is 14.2 Å². The van der Waals surface area contributed by atoms with Crippen LogP contribution in [-0.2, 0) is 28.6 Å². The molecule has 75 heavy (non-hydrogen) atoms. The van der Waals surface area contributed by atoms with Crippen LogP contribution in [0, 0.1) is 0 Å². The number of carbonyl (C=O) groups excluding carboxylic acids is 3. The first-order valence-corrected chi connectivity index (χ1v) is 32.1. The second-order valence-corrected chi connectivity index (χ2v) is 21.3. The summed E-state index contributed by atoms with van der Waals surface area (Å²) in [6.45, 7) is 6.50. The molecule has 0 N–H and O–H groups in total. The standard InChI is InChI=1S/C69H120O6/c1-4-7-10-13-16-19-21-23-25-26-27-28-29-30-31-32-33-34-35-36-37-38-39-40-41-42-43-44-45-47-48-50-53-56-59-62-68(71)74-65-66(64-73-67(70)61-58-55-52-18-15-12-9-6-3)75-69(72)63-60-57-54-51-49-46-24-22-20-17-14-11-8-5-2/h7,10,16,19,22-25,27-28,30-31,33-34,66H,4-6,8-9,11-15,17-18,20-21,26,29,32,35-65H2,1-3H3/b10-7-,19-16-,24-22-,25-23-,28-27-,31-30-,34-33-. The van der Waals surface area contributed by atoms with Crippen LogP contribution in [0.25, 0.3) is 0 Å². The van der Waals surface area contributed by atoms with Crippen LogP contribution in [-0.4, -0.2) is 37.2 Å². The van der Waals surface area contributed by atoms with E-state index in [1.807, 2.05) is 0 Å². The number of ether oxygens (including phenoxy) is 3. The van der Waals surface area contributed by atoms with Crippen molar-refractivity contribution in [1.82, 2.24) is 0 Å². The molecule has 0 aliphatic heterocycles. The minimum Gasteiger partial charge on any atom is -0.462 e. The van der Waals surface area contributed by atoms with E-state index in [-0.39, 0.29) is 31.1 Å². The summed E-state index contributed by atoms with van der Waals surface area (Å²) in [4.78, 5) is 38.0. The Hall–Kier alpha value is -3.41. The molecule has 0 radical (unpaired) electrons.